The lowest BCUT2D eigenvalue weighted by molar-refractivity contribution is -0.301. The van der Waals surface area contributed by atoms with Crippen molar-refractivity contribution in [1.82, 2.24) is 16.2 Å². The molecule has 13 heteroatoms. The van der Waals surface area contributed by atoms with Gasteiger partial charge in [0.1, 0.15) is 12.5 Å². The van der Waals surface area contributed by atoms with Crippen LogP contribution >= 0.6 is 0 Å². The van der Waals surface area contributed by atoms with Gasteiger partial charge < -0.3 is 20.3 Å². The summed E-state index contributed by atoms with van der Waals surface area (Å²) in [5.41, 5.74) is 7.56. The lowest BCUT2D eigenvalue weighted by atomic mass is 9.87. The van der Waals surface area contributed by atoms with E-state index in [2.05, 4.69) is 16.2 Å². The molecule has 0 aromatic heterocycles. The molecule has 176 valence electrons. The van der Waals surface area contributed by atoms with E-state index < -0.39 is 73.6 Å². The summed E-state index contributed by atoms with van der Waals surface area (Å²) in [5, 5.41) is 13.1. The fourth-order valence-electron chi connectivity index (χ4n) is 4.27. The first kappa shape index (κ1) is 24.0. The van der Waals surface area contributed by atoms with Crippen molar-refractivity contribution in [2.24, 2.45) is 11.7 Å². The van der Waals surface area contributed by atoms with Crippen molar-refractivity contribution in [3.8, 4) is 0 Å². The normalized spacial score (nSPS) is 44.5. The molecule has 3 saturated heterocycles. The van der Waals surface area contributed by atoms with Gasteiger partial charge in [-0.05, 0) is 26.2 Å². The quantitative estimate of drug-likeness (QED) is 0.358. The molecule has 0 aromatic rings. The van der Waals surface area contributed by atoms with Crippen molar-refractivity contribution < 1.29 is 40.9 Å². The number of aliphatic hydroxyl groups is 1. The molecule has 7 nitrogen and oxygen atoms in total. The van der Waals surface area contributed by atoms with Crippen molar-refractivity contribution in [3.63, 3.8) is 0 Å². The molecule has 3 aliphatic heterocycles. The molecule has 0 aliphatic carbocycles. The number of nitrogens with one attached hydrogen (secondary N) is 3. The van der Waals surface area contributed by atoms with Gasteiger partial charge in [-0.3, -0.25) is 5.32 Å². The van der Waals surface area contributed by atoms with Gasteiger partial charge in [-0.2, -0.15) is 26.3 Å². The minimum atomic E-state index is -4.97. The first-order valence-electron chi connectivity index (χ1n) is 10.0. The number of alkyl halides is 6. The lowest BCUT2D eigenvalue weighted by Gasteiger charge is -2.44. The van der Waals surface area contributed by atoms with Gasteiger partial charge >= 0.3 is 12.4 Å². The van der Waals surface area contributed by atoms with E-state index in [0.717, 1.165) is 0 Å². The number of rotatable bonds is 0. The van der Waals surface area contributed by atoms with Crippen LogP contribution in [0.4, 0.5) is 26.3 Å². The summed E-state index contributed by atoms with van der Waals surface area (Å²) >= 11 is 0. The maximum atomic E-state index is 13.6. The Morgan fingerprint density at radius 2 is 1.70 bits per heavy atom. The van der Waals surface area contributed by atoms with Crippen LogP contribution in [0.2, 0.25) is 0 Å². The maximum Gasteiger partial charge on any atom is 0.421 e. The van der Waals surface area contributed by atoms with Gasteiger partial charge in [-0.25, -0.2) is 10.9 Å². The average molecular weight is 450 g/mol. The fourth-order valence-corrected chi connectivity index (χ4v) is 4.27. The van der Waals surface area contributed by atoms with E-state index in [4.69, 9.17) is 15.2 Å². The van der Waals surface area contributed by atoms with Crippen molar-refractivity contribution in [2.45, 2.75) is 100 Å². The molecule has 4 bridgehead atoms. The van der Waals surface area contributed by atoms with Gasteiger partial charge in [-0.15, -0.1) is 0 Å². The molecular weight excluding hydrogens is 422 g/mol. The minimum Gasteiger partial charge on any atom is -0.377 e. The zero-order chi connectivity index (χ0) is 22.3. The summed E-state index contributed by atoms with van der Waals surface area (Å²) in [4.78, 5) is 0. The van der Waals surface area contributed by atoms with Crippen LogP contribution in [0, 0.1) is 5.92 Å². The number of hydrogen-bond acceptors (Lipinski definition) is 7. The van der Waals surface area contributed by atoms with Crippen LogP contribution in [-0.4, -0.2) is 59.9 Å². The van der Waals surface area contributed by atoms with Crippen LogP contribution in [0.3, 0.4) is 0 Å². The molecule has 6 unspecified atom stereocenters. The fraction of sp³-hybridized carbons (Fsp3) is 1.00. The van der Waals surface area contributed by atoms with Gasteiger partial charge in [0.15, 0.2) is 6.23 Å². The topological polar surface area (TPSA) is 101 Å². The molecule has 0 saturated carbocycles. The third-order valence-corrected chi connectivity index (χ3v) is 6.07. The average Bonchev–Trinajstić information content (AvgIpc) is 3.10. The third-order valence-electron chi connectivity index (χ3n) is 6.07. The molecule has 3 aliphatic rings. The smallest absolute Gasteiger partial charge is 0.377 e. The Hall–Kier alpha value is -0.700. The summed E-state index contributed by atoms with van der Waals surface area (Å²) in [6, 6.07) is -2.05. The highest BCUT2D eigenvalue weighted by Crippen LogP contribution is 2.41. The predicted molar refractivity (Wildman–Crippen MR) is 92.4 cm³/mol. The molecule has 0 radical (unpaired) electrons. The van der Waals surface area contributed by atoms with Crippen LogP contribution in [0.15, 0.2) is 0 Å². The number of hydrazine groups is 1. The molecular formula is C17H28F6N4O3. The monoisotopic (exact) mass is 450 g/mol. The Bertz CT molecular complexity index is 595. The van der Waals surface area contributed by atoms with E-state index in [0.29, 0.717) is 19.3 Å². The van der Waals surface area contributed by atoms with Crippen LogP contribution in [0.5, 0.6) is 0 Å². The molecule has 3 heterocycles. The Labute approximate surface area is 170 Å². The summed E-state index contributed by atoms with van der Waals surface area (Å²) in [6.07, 6.45) is -14.4. The van der Waals surface area contributed by atoms with E-state index in [1.807, 2.05) is 0 Å². The van der Waals surface area contributed by atoms with Crippen LogP contribution in [0.1, 0.15) is 45.4 Å². The van der Waals surface area contributed by atoms with Crippen LogP contribution in [0.25, 0.3) is 0 Å². The van der Waals surface area contributed by atoms with Crippen molar-refractivity contribution in [3.05, 3.63) is 0 Å². The van der Waals surface area contributed by atoms with Crippen molar-refractivity contribution >= 4 is 0 Å². The Morgan fingerprint density at radius 1 is 1.00 bits per heavy atom. The molecule has 0 spiro atoms. The molecule has 3 rings (SSSR count). The first-order chi connectivity index (χ1) is 13.8. The van der Waals surface area contributed by atoms with Crippen LogP contribution in [-0.2, 0) is 9.47 Å². The molecule has 0 aromatic carbocycles. The van der Waals surface area contributed by atoms with E-state index in [-0.39, 0.29) is 6.42 Å². The van der Waals surface area contributed by atoms with Gasteiger partial charge in [0, 0.05) is 6.04 Å². The number of hydrogen-bond donors (Lipinski definition) is 5. The first-order valence-corrected chi connectivity index (χ1v) is 10.0. The number of nitrogens with two attached hydrogens (primary N) is 1. The van der Waals surface area contributed by atoms with Gasteiger partial charge in [0.05, 0.1) is 18.1 Å². The van der Waals surface area contributed by atoms with E-state index >= 15 is 0 Å². The highest BCUT2D eigenvalue weighted by Gasteiger charge is 2.62. The Kier molecular flexibility index (Phi) is 6.93. The van der Waals surface area contributed by atoms with Crippen molar-refractivity contribution in [1.29, 1.82) is 0 Å². The second-order valence-electron chi connectivity index (χ2n) is 8.35. The largest absolute Gasteiger partial charge is 0.421 e. The number of piperidine rings is 1. The molecule has 30 heavy (non-hydrogen) atoms. The standard InChI is InChI=1S/C17H28F6N4O3/c1-8-5-3-2-4-6-15(28,17(21,22)23)14-27-26-13(30-14)11-10(24)7-9(16(18,19)20)12(25-11)29-8/h8-14,25-28H,2-7,24H2,1H3/t8-,9?,10?,11?,12?,13?,14?,15-/m1/s1. The summed E-state index contributed by atoms with van der Waals surface area (Å²) in [7, 11) is 0. The predicted octanol–water partition coefficient (Wildman–Crippen LogP) is 1.62. The van der Waals surface area contributed by atoms with Gasteiger partial charge in [-0.1, -0.05) is 19.3 Å². The highest BCUT2D eigenvalue weighted by molar-refractivity contribution is 5.01. The maximum absolute atomic E-state index is 13.6. The number of halogens is 6. The molecule has 6 N–H and O–H groups in total. The van der Waals surface area contributed by atoms with Crippen molar-refractivity contribution in [2.75, 3.05) is 0 Å². The van der Waals surface area contributed by atoms with E-state index in [1.165, 1.54) is 0 Å². The second kappa shape index (κ2) is 8.68. The molecule has 3 fully saturated rings. The number of fused-ring (bicyclic) bond motifs is 5. The summed E-state index contributed by atoms with van der Waals surface area (Å²) in [5.74, 6) is -1.86. The molecule has 8 atom stereocenters. The van der Waals surface area contributed by atoms with Crippen LogP contribution < -0.4 is 21.9 Å². The summed E-state index contributed by atoms with van der Waals surface area (Å²) in [6.45, 7) is 1.62. The Morgan fingerprint density at radius 3 is 2.33 bits per heavy atom. The minimum absolute atomic E-state index is 0.0603. The molecule has 0 amide bonds. The highest BCUT2D eigenvalue weighted by atomic mass is 19.4. The summed E-state index contributed by atoms with van der Waals surface area (Å²) < 4.78 is 92.6. The zero-order valence-corrected chi connectivity index (χ0v) is 16.4. The number of ether oxygens (including phenoxy) is 2. The lowest BCUT2D eigenvalue weighted by Crippen LogP contribution is -2.67. The SMILES string of the molecule is C[C@@H]1CCCCC[C@](O)(C(F)(F)F)C2NNC(O2)C2NC(O1)C(C(F)(F)F)CC2N. The second-order valence-corrected chi connectivity index (χ2v) is 8.35. The Balaban J connectivity index is 1.87. The third kappa shape index (κ3) is 4.87. The van der Waals surface area contributed by atoms with E-state index in [1.54, 1.807) is 6.92 Å². The zero-order valence-electron chi connectivity index (χ0n) is 16.4. The van der Waals surface area contributed by atoms with E-state index in [9.17, 15) is 31.4 Å². The van der Waals surface area contributed by atoms with Gasteiger partial charge in [0.25, 0.3) is 0 Å². The van der Waals surface area contributed by atoms with Gasteiger partial charge in [0.2, 0.25) is 5.60 Å².